The zero-order chi connectivity index (χ0) is 12.8. The largest absolute Gasteiger partial charge is 0.481 e. The lowest BCUT2D eigenvalue weighted by atomic mass is 10.2. The maximum Gasteiger partial charge on any atom is 0.315 e. The Kier molecular flexibility index (Phi) is 4.96. The Labute approximate surface area is 104 Å². The molecule has 3 N–H and O–H groups in total. The highest BCUT2D eigenvalue weighted by molar-refractivity contribution is 7.08. The van der Waals surface area contributed by atoms with Crippen molar-refractivity contribution >= 4 is 23.3 Å². The molecule has 0 saturated heterocycles. The Hall–Kier alpha value is -1.56. The molecule has 0 saturated carbocycles. The van der Waals surface area contributed by atoms with E-state index in [1.165, 1.54) is 0 Å². The van der Waals surface area contributed by atoms with Crippen LogP contribution in [-0.2, 0) is 11.3 Å². The number of carboxylic acid groups (broad SMARTS) is 1. The third-order valence-corrected chi connectivity index (χ3v) is 3.17. The molecule has 1 aromatic rings. The van der Waals surface area contributed by atoms with Gasteiger partial charge in [0.15, 0.2) is 0 Å². The standard InChI is InChI=1S/C11H16N2O3S/c1-7-5-17-6-9(7)4-12-11(16)13-8(2)3-10(14)15/h5-6,8H,3-4H2,1-2H3,(H,14,15)(H2,12,13,16). The smallest absolute Gasteiger partial charge is 0.315 e. The fourth-order valence-corrected chi connectivity index (χ4v) is 2.19. The van der Waals surface area contributed by atoms with Crippen molar-refractivity contribution < 1.29 is 14.7 Å². The topological polar surface area (TPSA) is 78.4 Å². The average molecular weight is 256 g/mol. The number of hydrogen-bond donors (Lipinski definition) is 3. The fourth-order valence-electron chi connectivity index (χ4n) is 1.33. The van der Waals surface area contributed by atoms with Gasteiger partial charge in [0.05, 0.1) is 6.42 Å². The number of rotatable bonds is 5. The third-order valence-electron chi connectivity index (χ3n) is 2.26. The van der Waals surface area contributed by atoms with Crippen LogP contribution in [0.1, 0.15) is 24.5 Å². The Morgan fingerprint density at radius 2 is 2.18 bits per heavy atom. The highest BCUT2D eigenvalue weighted by atomic mass is 32.1. The minimum Gasteiger partial charge on any atom is -0.481 e. The lowest BCUT2D eigenvalue weighted by Gasteiger charge is -2.12. The van der Waals surface area contributed by atoms with Gasteiger partial charge < -0.3 is 15.7 Å². The molecule has 6 heteroatoms. The first-order chi connectivity index (χ1) is 7.99. The monoisotopic (exact) mass is 256 g/mol. The van der Waals surface area contributed by atoms with E-state index in [-0.39, 0.29) is 18.5 Å². The second kappa shape index (κ2) is 6.24. The van der Waals surface area contributed by atoms with Crippen molar-refractivity contribution in [1.29, 1.82) is 0 Å². The summed E-state index contributed by atoms with van der Waals surface area (Å²) in [7, 11) is 0. The number of carbonyl (C=O) groups excluding carboxylic acids is 1. The maximum atomic E-state index is 11.4. The lowest BCUT2D eigenvalue weighted by molar-refractivity contribution is -0.137. The molecule has 0 aromatic carbocycles. The van der Waals surface area contributed by atoms with E-state index >= 15 is 0 Å². The van der Waals surface area contributed by atoms with Crippen LogP contribution in [0.4, 0.5) is 4.79 Å². The van der Waals surface area contributed by atoms with Gasteiger partial charge in [0.1, 0.15) is 0 Å². The second-order valence-electron chi connectivity index (χ2n) is 3.91. The molecule has 0 fully saturated rings. The van der Waals surface area contributed by atoms with Crippen molar-refractivity contribution in [3.05, 3.63) is 21.9 Å². The first-order valence-electron chi connectivity index (χ1n) is 5.27. The third kappa shape index (κ3) is 4.86. The number of hydrogen-bond acceptors (Lipinski definition) is 3. The number of amides is 2. The summed E-state index contributed by atoms with van der Waals surface area (Å²) in [6, 6.07) is -0.722. The van der Waals surface area contributed by atoms with E-state index in [2.05, 4.69) is 10.6 Å². The number of carbonyl (C=O) groups is 2. The van der Waals surface area contributed by atoms with Gasteiger partial charge in [-0.2, -0.15) is 11.3 Å². The van der Waals surface area contributed by atoms with E-state index < -0.39 is 5.97 Å². The summed E-state index contributed by atoms with van der Waals surface area (Å²) in [5, 5.41) is 17.8. The molecule has 1 atom stereocenters. The molecule has 17 heavy (non-hydrogen) atoms. The number of aryl methyl sites for hydroxylation is 1. The molecule has 0 radical (unpaired) electrons. The molecule has 5 nitrogen and oxygen atoms in total. The zero-order valence-electron chi connectivity index (χ0n) is 9.82. The minimum atomic E-state index is -0.925. The normalized spacial score (nSPS) is 11.9. The van der Waals surface area contributed by atoms with Crippen molar-refractivity contribution in [3.8, 4) is 0 Å². The molecule has 94 valence electrons. The highest BCUT2D eigenvalue weighted by Gasteiger charge is 2.10. The summed E-state index contributed by atoms with van der Waals surface area (Å²) < 4.78 is 0. The molecular formula is C11H16N2O3S. The van der Waals surface area contributed by atoms with Gasteiger partial charge in [-0.05, 0) is 35.7 Å². The fraction of sp³-hybridized carbons (Fsp3) is 0.455. The van der Waals surface area contributed by atoms with Crippen LogP contribution in [0.2, 0.25) is 0 Å². The first-order valence-corrected chi connectivity index (χ1v) is 6.21. The molecule has 1 unspecified atom stereocenters. The molecule has 1 rings (SSSR count). The molecule has 1 heterocycles. The van der Waals surface area contributed by atoms with Gasteiger partial charge in [0, 0.05) is 12.6 Å². The summed E-state index contributed by atoms with van der Waals surface area (Å²) >= 11 is 1.59. The molecule has 0 aliphatic rings. The van der Waals surface area contributed by atoms with E-state index in [1.54, 1.807) is 18.3 Å². The number of carboxylic acids is 1. The Bertz CT molecular complexity index is 403. The van der Waals surface area contributed by atoms with E-state index in [4.69, 9.17) is 5.11 Å². The van der Waals surface area contributed by atoms with Crippen LogP contribution in [0.15, 0.2) is 10.8 Å². The van der Waals surface area contributed by atoms with Crippen molar-refractivity contribution in [2.75, 3.05) is 0 Å². The minimum absolute atomic E-state index is 0.0785. The van der Waals surface area contributed by atoms with Crippen molar-refractivity contribution in [2.24, 2.45) is 0 Å². The van der Waals surface area contributed by atoms with E-state index in [1.807, 2.05) is 17.7 Å². The van der Waals surface area contributed by atoms with Crippen LogP contribution in [-0.4, -0.2) is 23.1 Å². The molecule has 0 aliphatic carbocycles. The van der Waals surface area contributed by atoms with Crippen LogP contribution >= 0.6 is 11.3 Å². The summed E-state index contributed by atoms with van der Waals surface area (Å²) in [4.78, 5) is 21.8. The Morgan fingerprint density at radius 3 is 2.71 bits per heavy atom. The molecular weight excluding hydrogens is 240 g/mol. The van der Waals surface area contributed by atoms with Crippen LogP contribution in [0.5, 0.6) is 0 Å². The van der Waals surface area contributed by atoms with Crippen molar-refractivity contribution in [1.82, 2.24) is 10.6 Å². The van der Waals surface area contributed by atoms with Gasteiger partial charge in [-0.15, -0.1) is 0 Å². The maximum absolute atomic E-state index is 11.4. The average Bonchev–Trinajstić information content (AvgIpc) is 2.59. The summed E-state index contributed by atoms with van der Waals surface area (Å²) in [5.41, 5.74) is 2.23. The summed E-state index contributed by atoms with van der Waals surface area (Å²) in [5.74, 6) is -0.925. The van der Waals surface area contributed by atoms with Crippen LogP contribution in [0, 0.1) is 6.92 Å². The quantitative estimate of drug-likeness (QED) is 0.750. The number of aliphatic carboxylic acids is 1. The van der Waals surface area contributed by atoms with E-state index in [0.717, 1.165) is 11.1 Å². The van der Waals surface area contributed by atoms with Gasteiger partial charge in [-0.3, -0.25) is 4.79 Å². The molecule has 0 aliphatic heterocycles. The SMILES string of the molecule is Cc1cscc1CNC(=O)NC(C)CC(=O)O. The predicted molar refractivity (Wildman–Crippen MR) is 66.1 cm³/mol. The first kappa shape index (κ1) is 13.5. The van der Waals surface area contributed by atoms with E-state index in [0.29, 0.717) is 6.54 Å². The van der Waals surface area contributed by atoms with Gasteiger partial charge in [0.2, 0.25) is 0 Å². The van der Waals surface area contributed by atoms with Gasteiger partial charge in [0.25, 0.3) is 0 Å². The van der Waals surface area contributed by atoms with Crippen LogP contribution in [0.3, 0.4) is 0 Å². The number of urea groups is 1. The Morgan fingerprint density at radius 1 is 1.47 bits per heavy atom. The Balaban J connectivity index is 2.30. The highest BCUT2D eigenvalue weighted by Crippen LogP contribution is 2.12. The predicted octanol–water partition coefficient (Wildman–Crippen LogP) is 1.72. The van der Waals surface area contributed by atoms with Crippen molar-refractivity contribution in [3.63, 3.8) is 0 Å². The summed E-state index contributed by atoms with van der Waals surface area (Å²) in [6.45, 7) is 4.10. The molecule has 0 bridgehead atoms. The van der Waals surface area contributed by atoms with E-state index in [9.17, 15) is 9.59 Å². The lowest BCUT2D eigenvalue weighted by Crippen LogP contribution is -2.41. The van der Waals surface area contributed by atoms with Gasteiger partial charge in [-0.25, -0.2) is 4.79 Å². The second-order valence-corrected chi connectivity index (χ2v) is 4.65. The zero-order valence-corrected chi connectivity index (χ0v) is 10.6. The van der Waals surface area contributed by atoms with Gasteiger partial charge >= 0.3 is 12.0 Å². The number of nitrogens with one attached hydrogen (secondary N) is 2. The molecule has 1 aromatic heterocycles. The summed E-state index contributed by atoms with van der Waals surface area (Å²) in [6.07, 6.45) is -0.0785. The van der Waals surface area contributed by atoms with Gasteiger partial charge in [-0.1, -0.05) is 0 Å². The van der Waals surface area contributed by atoms with Crippen LogP contribution < -0.4 is 10.6 Å². The molecule has 0 spiro atoms. The van der Waals surface area contributed by atoms with Crippen LogP contribution in [0.25, 0.3) is 0 Å². The van der Waals surface area contributed by atoms with Crippen molar-refractivity contribution in [2.45, 2.75) is 32.9 Å². The number of thiophene rings is 1. The molecule has 2 amide bonds.